The summed E-state index contributed by atoms with van der Waals surface area (Å²) in [5.74, 6) is 0.151. The van der Waals surface area contributed by atoms with Crippen LogP contribution in [-0.4, -0.2) is 24.0 Å². The number of aromatic nitrogens is 1. The van der Waals surface area contributed by atoms with Gasteiger partial charge in [0.1, 0.15) is 5.82 Å². The molecule has 1 amide bonds. The van der Waals surface area contributed by atoms with Crippen LogP contribution >= 0.6 is 11.6 Å². The van der Waals surface area contributed by atoms with Crippen molar-refractivity contribution in [1.29, 1.82) is 0 Å². The summed E-state index contributed by atoms with van der Waals surface area (Å²) < 4.78 is 4.86. The van der Waals surface area contributed by atoms with Gasteiger partial charge in [0, 0.05) is 23.0 Å². The van der Waals surface area contributed by atoms with E-state index in [9.17, 15) is 9.59 Å². The molecule has 5 nitrogen and oxygen atoms in total. The predicted molar refractivity (Wildman–Crippen MR) is 157 cm³/mol. The van der Waals surface area contributed by atoms with Crippen LogP contribution in [0.5, 0.6) is 0 Å². The van der Waals surface area contributed by atoms with Gasteiger partial charge in [-0.1, -0.05) is 82.6 Å². The lowest BCUT2D eigenvalue weighted by Crippen LogP contribution is -2.34. The van der Waals surface area contributed by atoms with Crippen molar-refractivity contribution in [2.24, 2.45) is 5.41 Å². The van der Waals surface area contributed by atoms with Gasteiger partial charge in [-0.25, -0.2) is 9.78 Å². The third-order valence-corrected chi connectivity index (χ3v) is 6.13. The molecule has 0 atom stereocenters. The minimum Gasteiger partial charge on any atom is -0.465 e. The first-order valence-corrected chi connectivity index (χ1v) is 13.1. The number of anilines is 1. The molecule has 0 aliphatic rings. The first kappa shape index (κ1) is 28.9. The lowest BCUT2D eigenvalue weighted by molar-refractivity contribution is -0.120. The molecular weight excluding hydrogens is 496 g/mol. The fourth-order valence-electron chi connectivity index (χ4n) is 4.08. The van der Waals surface area contributed by atoms with Crippen molar-refractivity contribution in [2.45, 2.75) is 47.6 Å². The molecule has 1 heterocycles. The van der Waals surface area contributed by atoms with Gasteiger partial charge in [-0.2, -0.15) is 0 Å². The van der Waals surface area contributed by atoms with Gasteiger partial charge in [-0.15, -0.1) is 0 Å². The molecule has 1 aromatic heterocycles. The zero-order valence-electron chi connectivity index (χ0n) is 22.9. The molecule has 198 valence electrons. The number of halogens is 1. The maximum atomic E-state index is 13.5. The lowest BCUT2D eigenvalue weighted by Gasteiger charge is -2.27. The van der Waals surface area contributed by atoms with E-state index in [1.54, 1.807) is 23.2 Å². The fraction of sp³-hybridized carbons (Fsp3) is 0.281. The van der Waals surface area contributed by atoms with Crippen molar-refractivity contribution in [3.63, 3.8) is 0 Å². The molecular formula is C32H35ClN2O3. The number of hydrogen-bond acceptors (Lipinski definition) is 4. The molecule has 0 aliphatic carbocycles. The summed E-state index contributed by atoms with van der Waals surface area (Å²) in [7, 11) is 1.36. The minimum absolute atomic E-state index is 0.0127. The van der Waals surface area contributed by atoms with Crippen LogP contribution in [-0.2, 0) is 16.1 Å². The number of fused-ring (bicyclic) bond motifs is 1. The van der Waals surface area contributed by atoms with Crippen LogP contribution in [0.25, 0.3) is 21.9 Å². The maximum Gasteiger partial charge on any atom is 0.337 e. The number of rotatable bonds is 6. The van der Waals surface area contributed by atoms with Gasteiger partial charge in [-0.3, -0.25) is 9.69 Å². The molecule has 0 saturated carbocycles. The third kappa shape index (κ3) is 7.20. The van der Waals surface area contributed by atoms with Crippen LogP contribution in [0.4, 0.5) is 5.82 Å². The summed E-state index contributed by atoms with van der Waals surface area (Å²) in [6.45, 7) is 10.5. The average molecular weight is 531 g/mol. The summed E-state index contributed by atoms with van der Waals surface area (Å²) in [5, 5.41) is 2.31. The number of benzene rings is 3. The van der Waals surface area contributed by atoms with Gasteiger partial charge in [-0.05, 0) is 63.9 Å². The highest BCUT2D eigenvalue weighted by Gasteiger charge is 2.25. The number of carbonyl (C=O) groups excluding carboxylic acids is 2. The van der Waals surface area contributed by atoms with Crippen molar-refractivity contribution in [2.75, 3.05) is 12.0 Å². The number of hydrogen-bond donors (Lipinski definition) is 0. The molecule has 0 spiro atoms. The van der Waals surface area contributed by atoms with Crippen molar-refractivity contribution >= 4 is 40.1 Å². The Morgan fingerprint density at radius 1 is 0.895 bits per heavy atom. The quantitative estimate of drug-likeness (QED) is 0.235. The Hall–Kier alpha value is -3.70. The van der Waals surface area contributed by atoms with E-state index in [1.165, 1.54) is 7.11 Å². The summed E-state index contributed by atoms with van der Waals surface area (Å²) in [4.78, 5) is 31.9. The first-order chi connectivity index (χ1) is 18.1. The summed E-state index contributed by atoms with van der Waals surface area (Å²) in [6.07, 6.45) is 2.04. The molecule has 4 aromatic rings. The van der Waals surface area contributed by atoms with Gasteiger partial charge >= 0.3 is 5.97 Å². The number of nitrogens with zero attached hydrogens (tertiary/aromatic N) is 2. The van der Waals surface area contributed by atoms with Gasteiger partial charge < -0.3 is 4.74 Å². The highest BCUT2D eigenvalue weighted by atomic mass is 35.5. The van der Waals surface area contributed by atoms with Crippen molar-refractivity contribution in [1.82, 2.24) is 4.98 Å². The Bertz CT molecular complexity index is 1390. The largest absolute Gasteiger partial charge is 0.465 e. The normalized spacial score (nSPS) is 10.9. The Morgan fingerprint density at radius 3 is 2.08 bits per heavy atom. The van der Waals surface area contributed by atoms with E-state index in [-0.39, 0.29) is 11.3 Å². The number of amides is 1. The van der Waals surface area contributed by atoms with E-state index >= 15 is 0 Å². The van der Waals surface area contributed by atoms with Crippen molar-refractivity contribution < 1.29 is 14.3 Å². The highest BCUT2D eigenvalue weighted by Crippen LogP contribution is 2.30. The minimum atomic E-state index is -0.406. The monoisotopic (exact) mass is 530 g/mol. The maximum absolute atomic E-state index is 13.5. The Labute approximate surface area is 230 Å². The molecule has 0 N–H and O–H groups in total. The smallest absolute Gasteiger partial charge is 0.337 e. The topological polar surface area (TPSA) is 59.5 Å². The van der Waals surface area contributed by atoms with Crippen LogP contribution in [0.2, 0.25) is 5.02 Å². The zero-order valence-corrected chi connectivity index (χ0v) is 23.7. The second-order valence-corrected chi connectivity index (χ2v) is 10.4. The zero-order chi connectivity index (χ0) is 27.9. The number of carbonyl (C=O) groups is 2. The average Bonchev–Trinajstić information content (AvgIpc) is 2.91. The van der Waals surface area contributed by atoms with Crippen LogP contribution in [0.1, 0.15) is 57.0 Å². The molecule has 0 saturated heterocycles. The Kier molecular flexibility index (Phi) is 9.65. The second-order valence-electron chi connectivity index (χ2n) is 9.98. The van der Waals surface area contributed by atoms with Gasteiger partial charge in [0.15, 0.2) is 0 Å². The van der Waals surface area contributed by atoms with Crippen molar-refractivity contribution in [3.05, 3.63) is 95.1 Å². The van der Waals surface area contributed by atoms with Crippen molar-refractivity contribution in [3.8, 4) is 11.1 Å². The summed E-state index contributed by atoms with van der Waals surface area (Å²) in [5.41, 5.74) is 3.40. The number of esters is 1. The summed E-state index contributed by atoms with van der Waals surface area (Å²) >= 11 is 6.02. The second kappa shape index (κ2) is 12.7. The molecule has 4 rings (SSSR count). The van der Waals surface area contributed by atoms with Gasteiger partial charge in [0.05, 0.1) is 19.2 Å². The fourth-order valence-corrected chi connectivity index (χ4v) is 4.21. The SMILES string of the molecule is CC.COC(=O)c1ccc2c(N(Cc3ccc(-c4ccc(Cl)cc4)cc3)C(=O)CC(C)(C)C)nccc2c1. The van der Waals surface area contributed by atoms with E-state index in [0.29, 0.717) is 29.4 Å². The molecule has 0 unspecified atom stereocenters. The number of ether oxygens (including phenoxy) is 1. The third-order valence-electron chi connectivity index (χ3n) is 5.87. The van der Waals surface area contributed by atoms with E-state index in [0.717, 1.165) is 27.5 Å². The highest BCUT2D eigenvalue weighted by molar-refractivity contribution is 6.30. The first-order valence-electron chi connectivity index (χ1n) is 12.8. The molecule has 6 heteroatoms. The number of pyridine rings is 1. The molecule has 0 fully saturated rings. The van der Waals surface area contributed by atoms with Gasteiger partial charge in [0.2, 0.25) is 5.91 Å². The van der Waals surface area contributed by atoms with Crippen LogP contribution in [0, 0.1) is 5.41 Å². The molecule has 3 aromatic carbocycles. The molecule has 38 heavy (non-hydrogen) atoms. The van der Waals surface area contributed by atoms with E-state index < -0.39 is 5.97 Å². The predicted octanol–water partition coefficient (Wildman–Crippen LogP) is 8.34. The lowest BCUT2D eigenvalue weighted by atomic mass is 9.91. The molecule has 0 aliphatic heterocycles. The van der Waals surface area contributed by atoms with Crippen LogP contribution in [0.15, 0.2) is 79.0 Å². The molecule has 0 radical (unpaired) electrons. The van der Waals surface area contributed by atoms with Crippen LogP contribution in [0.3, 0.4) is 0 Å². The number of methoxy groups -OCH3 is 1. The van der Waals surface area contributed by atoms with E-state index in [2.05, 4.69) is 4.98 Å². The van der Waals surface area contributed by atoms with Crippen LogP contribution < -0.4 is 4.90 Å². The van der Waals surface area contributed by atoms with Gasteiger partial charge in [0.25, 0.3) is 0 Å². The Balaban J connectivity index is 0.00000195. The van der Waals surface area contributed by atoms with E-state index in [1.807, 2.05) is 95.3 Å². The Morgan fingerprint density at radius 2 is 1.50 bits per heavy atom. The standard InChI is InChI=1S/C30H29ClN2O3.C2H6/c1-30(2,3)18-27(34)33(19-20-5-7-21(8-6-20)22-9-12-25(31)13-10-22)28-26-14-11-24(29(35)36-4)17-23(26)15-16-32-28;1-2/h5-17H,18-19H2,1-4H3;1-2H3. The van der Waals surface area contributed by atoms with E-state index in [4.69, 9.17) is 16.3 Å². The summed E-state index contributed by atoms with van der Waals surface area (Å²) in [6, 6.07) is 23.0. The molecule has 0 bridgehead atoms.